The molecule has 0 bridgehead atoms. The molecule has 2 rings (SSSR count). The molecule has 2 nitrogen and oxygen atoms in total. The van der Waals surface area contributed by atoms with Gasteiger partial charge in [-0.25, -0.2) is 0 Å². The Hall–Kier alpha value is -0.700. The van der Waals surface area contributed by atoms with E-state index in [0.29, 0.717) is 11.6 Å². The van der Waals surface area contributed by atoms with Crippen LogP contribution in [0.5, 0.6) is 5.75 Å². The number of nitrogens with one attached hydrogen (secondary N) is 1. The number of hydrogen-bond donors (Lipinski definition) is 1. The maximum absolute atomic E-state index is 5.77. The van der Waals surface area contributed by atoms with Crippen molar-refractivity contribution < 1.29 is 4.74 Å². The van der Waals surface area contributed by atoms with Crippen LogP contribution < -0.4 is 10.1 Å². The van der Waals surface area contributed by atoms with Crippen LogP contribution in [0.15, 0.2) is 34.8 Å². The van der Waals surface area contributed by atoms with Crippen LogP contribution in [0.4, 0.5) is 0 Å². The third-order valence-corrected chi connectivity index (χ3v) is 3.12. The Balaban J connectivity index is 1.79. The van der Waals surface area contributed by atoms with Gasteiger partial charge in [0.05, 0.1) is 0 Å². The molecule has 1 N–H and O–H groups in total. The number of ether oxygens (including phenoxy) is 1. The van der Waals surface area contributed by atoms with E-state index in [9.17, 15) is 0 Å². The lowest BCUT2D eigenvalue weighted by Gasteiger charge is -2.11. The van der Waals surface area contributed by atoms with E-state index in [0.717, 1.165) is 18.7 Å². The molecule has 0 saturated heterocycles. The summed E-state index contributed by atoms with van der Waals surface area (Å²) < 4.78 is 5.76. The topological polar surface area (TPSA) is 21.3 Å². The normalized spacial score (nSPS) is 19.4. The summed E-state index contributed by atoms with van der Waals surface area (Å²) >= 11 is 11.2. The van der Waals surface area contributed by atoms with E-state index in [-0.39, 0.29) is 6.10 Å². The highest BCUT2D eigenvalue weighted by Crippen LogP contribution is 2.27. The Kier molecular flexibility index (Phi) is 4.10. The molecule has 0 aliphatic carbocycles. The fourth-order valence-electron chi connectivity index (χ4n) is 1.76. The molecule has 0 amide bonds. The van der Waals surface area contributed by atoms with E-state index in [2.05, 4.69) is 11.4 Å². The van der Waals surface area contributed by atoms with E-state index in [1.54, 1.807) is 0 Å². The molecule has 0 aromatic heterocycles. The quantitative estimate of drug-likeness (QED) is 0.896. The number of halogens is 2. The average Bonchev–Trinajstić information content (AvgIpc) is 2.71. The molecule has 1 aliphatic heterocycles. The molecule has 0 spiro atoms. The average molecular weight is 258 g/mol. The molecule has 1 aromatic carbocycles. The lowest BCUT2D eigenvalue weighted by atomic mass is 10.1. The Morgan fingerprint density at radius 1 is 1.50 bits per heavy atom. The van der Waals surface area contributed by atoms with Crippen LogP contribution in [0, 0.1) is 0 Å². The third-order valence-electron chi connectivity index (χ3n) is 2.50. The SMILES string of the molecule is ClC=C(Cl)CNCC1Cc2ccccc2O1. The molecule has 86 valence electrons. The maximum Gasteiger partial charge on any atom is 0.123 e. The number of rotatable bonds is 4. The van der Waals surface area contributed by atoms with Crippen LogP contribution in [0.25, 0.3) is 0 Å². The van der Waals surface area contributed by atoms with Crippen LogP contribution in [0.1, 0.15) is 5.56 Å². The van der Waals surface area contributed by atoms with Gasteiger partial charge in [-0.05, 0) is 11.6 Å². The molecule has 1 heterocycles. The van der Waals surface area contributed by atoms with E-state index in [1.807, 2.05) is 18.2 Å². The molecule has 0 fully saturated rings. The molecule has 4 heteroatoms. The molecule has 0 radical (unpaired) electrons. The summed E-state index contributed by atoms with van der Waals surface area (Å²) in [5.74, 6) is 0.994. The Labute approximate surface area is 105 Å². The van der Waals surface area contributed by atoms with Gasteiger partial charge in [0.2, 0.25) is 0 Å². The van der Waals surface area contributed by atoms with Crippen molar-refractivity contribution >= 4 is 23.2 Å². The highest BCUT2D eigenvalue weighted by Gasteiger charge is 2.21. The number of benzene rings is 1. The van der Waals surface area contributed by atoms with Crippen LogP contribution in [-0.2, 0) is 6.42 Å². The van der Waals surface area contributed by atoms with Crippen molar-refractivity contribution in [3.8, 4) is 5.75 Å². The van der Waals surface area contributed by atoms with Gasteiger partial charge in [0.1, 0.15) is 11.9 Å². The Morgan fingerprint density at radius 2 is 2.31 bits per heavy atom. The third kappa shape index (κ3) is 2.91. The number of fused-ring (bicyclic) bond motifs is 1. The van der Waals surface area contributed by atoms with Gasteiger partial charge in [-0.1, -0.05) is 41.4 Å². The summed E-state index contributed by atoms with van der Waals surface area (Å²) in [6, 6.07) is 8.12. The highest BCUT2D eigenvalue weighted by molar-refractivity contribution is 6.36. The number of para-hydroxylation sites is 1. The Morgan fingerprint density at radius 3 is 3.06 bits per heavy atom. The lowest BCUT2D eigenvalue weighted by Crippen LogP contribution is -2.30. The second kappa shape index (κ2) is 5.58. The zero-order valence-electron chi connectivity index (χ0n) is 8.75. The predicted octanol–water partition coefficient (Wildman–Crippen LogP) is 2.90. The zero-order chi connectivity index (χ0) is 11.4. The molecular formula is C12H13Cl2NO. The van der Waals surface area contributed by atoms with Gasteiger partial charge in [0.25, 0.3) is 0 Å². The van der Waals surface area contributed by atoms with E-state index in [4.69, 9.17) is 27.9 Å². The van der Waals surface area contributed by atoms with Gasteiger partial charge in [0.15, 0.2) is 0 Å². The summed E-state index contributed by atoms with van der Waals surface area (Å²) in [5, 5.41) is 3.81. The fraction of sp³-hybridized carbons (Fsp3) is 0.333. The van der Waals surface area contributed by atoms with Crippen molar-refractivity contribution in [1.29, 1.82) is 0 Å². The largest absolute Gasteiger partial charge is 0.488 e. The molecular weight excluding hydrogens is 245 g/mol. The summed E-state index contributed by atoms with van der Waals surface area (Å²) in [6.07, 6.45) is 1.14. The van der Waals surface area contributed by atoms with Gasteiger partial charge in [-0.15, -0.1) is 0 Å². The second-order valence-electron chi connectivity index (χ2n) is 3.74. The van der Waals surface area contributed by atoms with Crippen molar-refractivity contribution in [2.24, 2.45) is 0 Å². The van der Waals surface area contributed by atoms with Crippen molar-refractivity contribution in [1.82, 2.24) is 5.32 Å². The molecule has 1 unspecified atom stereocenters. The first kappa shape index (κ1) is 11.8. The van der Waals surface area contributed by atoms with Crippen molar-refractivity contribution in [3.63, 3.8) is 0 Å². The van der Waals surface area contributed by atoms with Crippen LogP contribution in [0.3, 0.4) is 0 Å². The van der Waals surface area contributed by atoms with E-state index >= 15 is 0 Å². The van der Waals surface area contributed by atoms with Crippen molar-refractivity contribution in [3.05, 3.63) is 40.4 Å². The van der Waals surface area contributed by atoms with Gasteiger partial charge in [-0.3, -0.25) is 0 Å². The Bertz CT molecular complexity index is 367. The zero-order valence-corrected chi connectivity index (χ0v) is 10.3. The van der Waals surface area contributed by atoms with Crippen molar-refractivity contribution in [2.45, 2.75) is 12.5 Å². The minimum Gasteiger partial charge on any atom is -0.488 e. The predicted molar refractivity (Wildman–Crippen MR) is 67.2 cm³/mol. The van der Waals surface area contributed by atoms with Gasteiger partial charge in [0, 0.05) is 30.1 Å². The first-order valence-electron chi connectivity index (χ1n) is 5.19. The minimum atomic E-state index is 0.192. The van der Waals surface area contributed by atoms with E-state index in [1.165, 1.54) is 11.1 Å². The molecule has 1 aromatic rings. The smallest absolute Gasteiger partial charge is 0.123 e. The first-order chi connectivity index (χ1) is 7.79. The van der Waals surface area contributed by atoms with Crippen LogP contribution in [-0.4, -0.2) is 19.2 Å². The first-order valence-corrected chi connectivity index (χ1v) is 6.01. The summed E-state index contributed by atoms with van der Waals surface area (Å²) in [4.78, 5) is 0. The second-order valence-corrected chi connectivity index (χ2v) is 4.44. The van der Waals surface area contributed by atoms with Gasteiger partial charge in [-0.2, -0.15) is 0 Å². The van der Waals surface area contributed by atoms with Crippen LogP contribution >= 0.6 is 23.2 Å². The summed E-state index contributed by atoms with van der Waals surface area (Å²) in [6.45, 7) is 1.36. The molecule has 0 saturated carbocycles. The van der Waals surface area contributed by atoms with Gasteiger partial charge >= 0.3 is 0 Å². The fourth-order valence-corrected chi connectivity index (χ4v) is 1.93. The standard InChI is InChI=1S/C12H13Cl2NO/c13-6-10(14)7-15-8-11-5-9-3-1-2-4-12(9)16-11/h1-4,6,11,15H,5,7-8H2. The van der Waals surface area contributed by atoms with Crippen molar-refractivity contribution in [2.75, 3.05) is 13.1 Å². The minimum absolute atomic E-state index is 0.192. The summed E-state index contributed by atoms with van der Waals surface area (Å²) in [7, 11) is 0. The monoisotopic (exact) mass is 257 g/mol. The van der Waals surface area contributed by atoms with E-state index < -0.39 is 0 Å². The maximum atomic E-state index is 5.77. The molecule has 1 aliphatic rings. The number of hydrogen-bond acceptors (Lipinski definition) is 2. The molecule has 16 heavy (non-hydrogen) atoms. The van der Waals surface area contributed by atoms with Gasteiger partial charge < -0.3 is 10.1 Å². The lowest BCUT2D eigenvalue weighted by molar-refractivity contribution is 0.229. The van der Waals surface area contributed by atoms with Crippen LogP contribution in [0.2, 0.25) is 0 Å². The molecule has 1 atom stereocenters. The summed E-state index contributed by atoms with van der Waals surface area (Å²) in [5.41, 5.74) is 2.65. The highest BCUT2D eigenvalue weighted by atomic mass is 35.5.